The Morgan fingerprint density at radius 1 is 1.29 bits per heavy atom. The van der Waals surface area contributed by atoms with E-state index in [-0.39, 0.29) is 16.8 Å². The summed E-state index contributed by atoms with van der Waals surface area (Å²) in [6.07, 6.45) is 0.974. The Morgan fingerprint density at radius 3 is 2.52 bits per heavy atom. The van der Waals surface area contributed by atoms with Crippen LogP contribution in [0.25, 0.3) is 0 Å². The second kappa shape index (κ2) is 6.41. The van der Waals surface area contributed by atoms with Crippen molar-refractivity contribution in [2.75, 3.05) is 7.05 Å². The lowest BCUT2D eigenvalue weighted by Crippen LogP contribution is -2.30. The molecule has 1 amide bonds. The van der Waals surface area contributed by atoms with Crippen molar-refractivity contribution < 1.29 is 9.18 Å². The molecule has 2 aromatic rings. The lowest BCUT2D eigenvalue weighted by atomic mass is 10.1. The first-order chi connectivity index (χ1) is 9.90. The topological polar surface area (TPSA) is 33.2 Å². The monoisotopic (exact) mass is 326 g/mol. The quantitative estimate of drug-likeness (QED) is 0.785. The average Bonchev–Trinajstić information content (AvgIpc) is 2.48. The van der Waals surface area contributed by atoms with Crippen molar-refractivity contribution in [2.45, 2.75) is 13.0 Å². The minimum absolute atomic E-state index is 0.0171. The molecule has 6 heteroatoms. The molecule has 0 radical (unpaired) electrons. The molecule has 2 rings (SSSR count). The van der Waals surface area contributed by atoms with Crippen LogP contribution in [-0.2, 0) is 0 Å². The molecule has 0 saturated carbocycles. The largest absolute Gasteiger partial charge is 0.335 e. The highest BCUT2D eigenvalue weighted by atomic mass is 35.5. The van der Waals surface area contributed by atoms with Crippen LogP contribution >= 0.6 is 23.2 Å². The number of hydrogen-bond donors (Lipinski definition) is 0. The normalized spacial score (nSPS) is 12.0. The molecule has 0 spiro atoms. The van der Waals surface area contributed by atoms with Crippen LogP contribution in [0.5, 0.6) is 0 Å². The van der Waals surface area contributed by atoms with Crippen LogP contribution in [-0.4, -0.2) is 22.8 Å². The molecule has 3 nitrogen and oxygen atoms in total. The molecule has 1 heterocycles. The first-order valence-corrected chi connectivity index (χ1v) is 6.99. The molecule has 0 bridgehead atoms. The van der Waals surface area contributed by atoms with Gasteiger partial charge < -0.3 is 4.90 Å². The fraction of sp³-hybridized carbons (Fsp3) is 0.200. The summed E-state index contributed by atoms with van der Waals surface area (Å²) in [6.45, 7) is 1.86. The van der Waals surface area contributed by atoms with Crippen LogP contribution in [0.2, 0.25) is 10.2 Å². The van der Waals surface area contributed by atoms with E-state index in [0.29, 0.717) is 5.02 Å². The standard InChI is InChI=1S/C15H13Cl2FN2O/c1-9(10-3-5-11(16)6-4-10)20(2)15(21)13-7-12(18)8-19-14(13)17/h3-9H,1-2H3. The van der Waals surface area contributed by atoms with Crippen LogP contribution < -0.4 is 0 Å². The summed E-state index contributed by atoms with van der Waals surface area (Å²) in [5, 5.41) is 0.605. The van der Waals surface area contributed by atoms with Gasteiger partial charge in [-0.3, -0.25) is 4.79 Å². The third kappa shape index (κ3) is 3.52. The first-order valence-electron chi connectivity index (χ1n) is 6.24. The molecular formula is C15H13Cl2FN2O. The number of halogens is 3. The van der Waals surface area contributed by atoms with Crippen LogP contribution in [0.1, 0.15) is 28.9 Å². The van der Waals surface area contributed by atoms with Crippen molar-refractivity contribution in [1.82, 2.24) is 9.88 Å². The number of nitrogens with zero attached hydrogens (tertiary/aromatic N) is 2. The van der Waals surface area contributed by atoms with Gasteiger partial charge in [0.15, 0.2) is 0 Å². The van der Waals surface area contributed by atoms with Crippen molar-refractivity contribution in [3.05, 3.63) is 63.6 Å². The Bertz CT molecular complexity index is 661. The van der Waals surface area contributed by atoms with Gasteiger partial charge in [-0.2, -0.15) is 0 Å². The number of aromatic nitrogens is 1. The van der Waals surface area contributed by atoms with Gasteiger partial charge in [0, 0.05) is 12.1 Å². The zero-order chi connectivity index (χ0) is 15.6. The van der Waals surface area contributed by atoms with Crippen molar-refractivity contribution in [3.8, 4) is 0 Å². The summed E-state index contributed by atoms with van der Waals surface area (Å²) >= 11 is 11.7. The second-order valence-electron chi connectivity index (χ2n) is 4.64. The molecule has 21 heavy (non-hydrogen) atoms. The number of carbonyl (C=O) groups is 1. The zero-order valence-electron chi connectivity index (χ0n) is 11.5. The Balaban J connectivity index is 2.26. The van der Waals surface area contributed by atoms with Gasteiger partial charge in [0.25, 0.3) is 5.91 Å². The third-order valence-corrected chi connectivity index (χ3v) is 3.84. The molecule has 0 aliphatic heterocycles. The first kappa shape index (κ1) is 15.7. The van der Waals surface area contributed by atoms with Crippen LogP contribution in [0.15, 0.2) is 36.5 Å². The maximum Gasteiger partial charge on any atom is 0.257 e. The van der Waals surface area contributed by atoms with Gasteiger partial charge in [-0.1, -0.05) is 35.3 Å². The van der Waals surface area contributed by atoms with Crippen molar-refractivity contribution in [1.29, 1.82) is 0 Å². The Morgan fingerprint density at radius 2 is 1.90 bits per heavy atom. The van der Waals surface area contributed by atoms with E-state index in [0.717, 1.165) is 17.8 Å². The van der Waals surface area contributed by atoms with E-state index in [2.05, 4.69) is 4.98 Å². The van der Waals surface area contributed by atoms with Crippen molar-refractivity contribution >= 4 is 29.1 Å². The number of benzene rings is 1. The number of rotatable bonds is 3. The number of pyridine rings is 1. The molecule has 0 aliphatic carbocycles. The van der Waals surface area contributed by atoms with Gasteiger partial charge in [-0.05, 0) is 30.7 Å². The molecule has 1 atom stereocenters. The van der Waals surface area contributed by atoms with E-state index in [4.69, 9.17) is 23.2 Å². The highest BCUT2D eigenvalue weighted by molar-refractivity contribution is 6.32. The summed E-state index contributed by atoms with van der Waals surface area (Å²) in [6, 6.07) is 8.05. The fourth-order valence-electron chi connectivity index (χ4n) is 1.90. The van der Waals surface area contributed by atoms with E-state index in [9.17, 15) is 9.18 Å². The summed E-state index contributed by atoms with van der Waals surface area (Å²) in [7, 11) is 1.63. The van der Waals surface area contributed by atoms with Crippen molar-refractivity contribution in [2.24, 2.45) is 0 Å². The predicted molar refractivity (Wildman–Crippen MR) is 81.2 cm³/mol. The van der Waals surface area contributed by atoms with Gasteiger partial charge >= 0.3 is 0 Å². The lowest BCUT2D eigenvalue weighted by Gasteiger charge is -2.25. The highest BCUT2D eigenvalue weighted by Crippen LogP contribution is 2.24. The van der Waals surface area contributed by atoms with Crippen LogP contribution in [0.3, 0.4) is 0 Å². The highest BCUT2D eigenvalue weighted by Gasteiger charge is 2.22. The van der Waals surface area contributed by atoms with E-state index >= 15 is 0 Å². The second-order valence-corrected chi connectivity index (χ2v) is 5.43. The molecule has 1 aromatic heterocycles. The van der Waals surface area contributed by atoms with Crippen LogP contribution in [0, 0.1) is 5.82 Å². The van der Waals surface area contributed by atoms with Gasteiger partial charge in [-0.15, -0.1) is 0 Å². The molecule has 1 unspecified atom stereocenters. The Kier molecular flexibility index (Phi) is 4.80. The summed E-state index contributed by atoms with van der Waals surface area (Å²) < 4.78 is 13.2. The fourth-order valence-corrected chi connectivity index (χ4v) is 2.21. The maximum atomic E-state index is 13.2. The van der Waals surface area contributed by atoms with Crippen molar-refractivity contribution in [3.63, 3.8) is 0 Å². The van der Waals surface area contributed by atoms with Gasteiger partial charge in [0.05, 0.1) is 17.8 Å². The average molecular weight is 327 g/mol. The lowest BCUT2D eigenvalue weighted by molar-refractivity contribution is 0.0742. The van der Waals surface area contributed by atoms with E-state index < -0.39 is 11.7 Å². The van der Waals surface area contributed by atoms with Gasteiger partial charge in [-0.25, -0.2) is 9.37 Å². The molecule has 0 N–H and O–H groups in total. The van der Waals surface area contributed by atoms with E-state index in [1.807, 2.05) is 19.1 Å². The zero-order valence-corrected chi connectivity index (χ0v) is 13.0. The maximum absolute atomic E-state index is 13.2. The van der Waals surface area contributed by atoms with Crippen LogP contribution in [0.4, 0.5) is 4.39 Å². The Labute approximate surface area is 132 Å². The molecule has 0 saturated heterocycles. The summed E-state index contributed by atoms with van der Waals surface area (Å²) in [5.41, 5.74) is 0.954. The van der Waals surface area contributed by atoms with Gasteiger partial charge in [0.2, 0.25) is 0 Å². The molecule has 0 aliphatic rings. The number of hydrogen-bond acceptors (Lipinski definition) is 2. The smallest absolute Gasteiger partial charge is 0.257 e. The molecule has 110 valence electrons. The van der Waals surface area contributed by atoms with E-state index in [1.165, 1.54) is 4.90 Å². The third-order valence-electron chi connectivity index (χ3n) is 3.29. The number of carbonyl (C=O) groups excluding carboxylic acids is 1. The molecular weight excluding hydrogens is 314 g/mol. The Hall–Kier alpha value is -1.65. The minimum Gasteiger partial charge on any atom is -0.335 e. The molecule has 1 aromatic carbocycles. The number of amides is 1. The predicted octanol–water partition coefficient (Wildman–Crippen LogP) is 4.36. The minimum atomic E-state index is -0.602. The van der Waals surface area contributed by atoms with E-state index in [1.54, 1.807) is 19.2 Å². The summed E-state index contributed by atoms with van der Waals surface area (Å²) in [5.74, 6) is -0.996. The SMILES string of the molecule is CC(c1ccc(Cl)cc1)N(C)C(=O)c1cc(F)cnc1Cl. The van der Waals surface area contributed by atoms with Gasteiger partial charge in [0.1, 0.15) is 11.0 Å². The molecule has 0 fully saturated rings. The summed E-state index contributed by atoms with van der Waals surface area (Å²) in [4.78, 5) is 17.5.